The zero-order valence-electron chi connectivity index (χ0n) is 15.3. The van der Waals surface area contributed by atoms with Crippen LogP contribution in [-0.2, 0) is 4.79 Å². The lowest BCUT2D eigenvalue weighted by molar-refractivity contribution is -0.116. The van der Waals surface area contributed by atoms with Crippen LogP contribution in [0.3, 0.4) is 0 Å². The molecular weight excluding hydrogens is 385 g/mol. The number of ether oxygens (including phenoxy) is 1. The first-order valence-corrected chi connectivity index (χ1v) is 9.18. The van der Waals surface area contributed by atoms with Gasteiger partial charge in [-0.05, 0) is 23.8 Å². The van der Waals surface area contributed by atoms with Gasteiger partial charge in [-0.25, -0.2) is 0 Å². The van der Waals surface area contributed by atoms with Gasteiger partial charge in [-0.3, -0.25) is 9.69 Å². The summed E-state index contributed by atoms with van der Waals surface area (Å²) in [4.78, 5) is 14.7. The number of anilines is 1. The van der Waals surface area contributed by atoms with E-state index in [1.165, 1.54) is 0 Å². The Bertz CT molecular complexity index is 758. The Kier molecular flexibility index (Phi) is 8.38. The summed E-state index contributed by atoms with van der Waals surface area (Å²) in [5.41, 5.74) is 1.85. The Morgan fingerprint density at radius 2 is 2.11 bits per heavy atom. The molecule has 0 bridgehead atoms. The van der Waals surface area contributed by atoms with Crippen LogP contribution in [0.4, 0.5) is 5.69 Å². The molecule has 1 unspecified atom stereocenters. The summed E-state index contributed by atoms with van der Waals surface area (Å²) < 4.78 is 5.19. The van der Waals surface area contributed by atoms with Crippen molar-refractivity contribution in [2.75, 3.05) is 38.6 Å². The van der Waals surface area contributed by atoms with Crippen LogP contribution in [0.1, 0.15) is 18.0 Å². The van der Waals surface area contributed by atoms with Crippen LogP contribution in [0.5, 0.6) is 5.75 Å². The first-order valence-electron chi connectivity index (χ1n) is 8.80. The molecule has 3 rings (SSSR count). The SMILES string of the molecule is COc1cccc(NC(=O)CCN2CCNCC2c2ccccc2Cl)c1.Cl. The van der Waals surface area contributed by atoms with Gasteiger partial charge in [-0.2, -0.15) is 0 Å². The fourth-order valence-electron chi connectivity index (χ4n) is 3.24. The van der Waals surface area contributed by atoms with Gasteiger partial charge in [0.15, 0.2) is 0 Å². The Morgan fingerprint density at radius 3 is 2.89 bits per heavy atom. The lowest BCUT2D eigenvalue weighted by Gasteiger charge is -2.36. The number of nitrogens with one attached hydrogen (secondary N) is 2. The van der Waals surface area contributed by atoms with Gasteiger partial charge in [-0.1, -0.05) is 35.9 Å². The van der Waals surface area contributed by atoms with E-state index in [1.54, 1.807) is 7.11 Å². The summed E-state index contributed by atoms with van der Waals surface area (Å²) in [6, 6.07) is 15.5. The molecule has 2 aromatic rings. The number of carbonyl (C=O) groups excluding carboxylic acids is 1. The van der Waals surface area contributed by atoms with Crippen molar-refractivity contribution in [2.24, 2.45) is 0 Å². The third kappa shape index (κ3) is 5.84. The highest BCUT2D eigenvalue weighted by Gasteiger charge is 2.25. The second-order valence-corrected chi connectivity index (χ2v) is 6.71. The van der Waals surface area contributed by atoms with Crippen molar-refractivity contribution >= 4 is 35.6 Å². The molecular formula is C20H25Cl2N3O2. The molecule has 7 heteroatoms. The molecule has 1 fully saturated rings. The smallest absolute Gasteiger partial charge is 0.225 e. The van der Waals surface area contributed by atoms with Crippen LogP contribution < -0.4 is 15.4 Å². The highest BCUT2D eigenvalue weighted by atomic mass is 35.5. The number of amides is 1. The van der Waals surface area contributed by atoms with E-state index < -0.39 is 0 Å². The number of halogens is 2. The molecule has 0 saturated carbocycles. The van der Waals surface area contributed by atoms with Gasteiger partial charge in [-0.15, -0.1) is 12.4 Å². The Balaban J connectivity index is 0.00000261. The van der Waals surface area contributed by atoms with Crippen LogP contribution >= 0.6 is 24.0 Å². The molecule has 0 radical (unpaired) electrons. The Hall–Kier alpha value is -1.79. The number of methoxy groups -OCH3 is 1. The Labute approximate surface area is 171 Å². The number of rotatable bonds is 6. The number of nitrogens with zero attached hydrogens (tertiary/aromatic N) is 1. The third-order valence-corrected chi connectivity index (χ3v) is 4.94. The normalized spacial score (nSPS) is 17.0. The minimum absolute atomic E-state index is 0. The van der Waals surface area contributed by atoms with Gasteiger partial charge < -0.3 is 15.4 Å². The van der Waals surface area contributed by atoms with Gasteiger partial charge in [0, 0.05) is 55.4 Å². The van der Waals surface area contributed by atoms with Gasteiger partial charge >= 0.3 is 0 Å². The second kappa shape index (κ2) is 10.5. The van der Waals surface area contributed by atoms with E-state index in [-0.39, 0.29) is 24.4 Å². The zero-order chi connectivity index (χ0) is 18.4. The number of hydrogen-bond donors (Lipinski definition) is 2. The van der Waals surface area contributed by atoms with Crippen LogP contribution in [0.15, 0.2) is 48.5 Å². The van der Waals surface area contributed by atoms with Gasteiger partial charge in [0.25, 0.3) is 0 Å². The number of benzene rings is 2. The average Bonchev–Trinajstić information content (AvgIpc) is 2.67. The quantitative estimate of drug-likeness (QED) is 0.762. The average molecular weight is 410 g/mol. The molecule has 1 saturated heterocycles. The van der Waals surface area contributed by atoms with Crippen LogP contribution in [0, 0.1) is 0 Å². The molecule has 0 spiro atoms. The first kappa shape index (κ1) is 21.5. The van der Waals surface area contributed by atoms with Crippen LogP contribution in [0.2, 0.25) is 5.02 Å². The molecule has 2 aromatic carbocycles. The highest BCUT2D eigenvalue weighted by molar-refractivity contribution is 6.31. The van der Waals surface area contributed by atoms with Crippen molar-refractivity contribution in [3.63, 3.8) is 0 Å². The molecule has 27 heavy (non-hydrogen) atoms. The standard InChI is InChI=1S/C20H24ClN3O2.ClH/c1-26-16-6-4-5-15(13-16)23-20(25)9-11-24-12-10-22-14-19(24)17-7-2-3-8-18(17)21;/h2-8,13,19,22H,9-12,14H2,1H3,(H,23,25);1H. The predicted octanol–water partition coefficient (Wildman–Crippen LogP) is 3.75. The molecule has 1 aliphatic rings. The van der Waals surface area contributed by atoms with Gasteiger partial charge in [0.05, 0.1) is 7.11 Å². The summed E-state index contributed by atoms with van der Waals surface area (Å²) in [7, 11) is 1.61. The van der Waals surface area contributed by atoms with E-state index in [2.05, 4.69) is 21.6 Å². The van der Waals surface area contributed by atoms with Crippen molar-refractivity contribution in [1.82, 2.24) is 10.2 Å². The molecule has 146 valence electrons. The Morgan fingerprint density at radius 1 is 1.30 bits per heavy atom. The zero-order valence-corrected chi connectivity index (χ0v) is 16.9. The second-order valence-electron chi connectivity index (χ2n) is 6.31. The first-order chi connectivity index (χ1) is 12.7. The largest absolute Gasteiger partial charge is 0.497 e. The lowest BCUT2D eigenvalue weighted by Crippen LogP contribution is -2.46. The number of piperazine rings is 1. The van der Waals surface area contributed by atoms with Crippen molar-refractivity contribution in [3.8, 4) is 5.75 Å². The maximum Gasteiger partial charge on any atom is 0.225 e. The molecule has 0 aliphatic carbocycles. The van der Waals surface area contributed by atoms with E-state index in [9.17, 15) is 4.79 Å². The third-order valence-electron chi connectivity index (χ3n) is 4.60. The fourth-order valence-corrected chi connectivity index (χ4v) is 3.50. The topological polar surface area (TPSA) is 53.6 Å². The predicted molar refractivity (Wildman–Crippen MR) is 112 cm³/mol. The maximum atomic E-state index is 12.3. The molecule has 1 amide bonds. The minimum atomic E-state index is -0.00491. The van der Waals surface area contributed by atoms with Gasteiger partial charge in [0.1, 0.15) is 5.75 Å². The van der Waals surface area contributed by atoms with Crippen LogP contribution in [-0.4, -0.2) is 44.1 Å². The summed E-state index contributed by atoms with van der Waals surface area (Å²) in [5, 5.41) is 7.12. The summed E-state index contributed by atoms with van der Waals surface area (Å²) in [6.45, 7) is 3.33. The van der Waals surface area contributed by atoms with Crippen molar-refractivity contribution in [2.45, 2.75) is 12.5 Å². The minimum Gasteiger partial charge on any atom is -0.497 e. The van der Waals surface area contributed by atoms with Crippen molar-refractivity contribution in [1.29, 1.82) is 0 Å². The van der Waals surface area contributed by atoms with Gasteiger partial charge in [0.2, 0.25) is 5.91 Å². The summed E-state index contributed by atoms with van der Waals surface area (Å²) in [6.07, 6.45) is 0.429. The number of carbonyl (C=O) groups is 1. The van der Waals surface area contributed by atoms with E-state index >= 15 is 0 Å². The monoisotopic (exact) mass is 409 g/mol. The maximum absolute atomic E-state index is 12.3. The van der Waals surface area contributed by atoms with E-state index in [1.807, 2.05) is 42.5 Å². The highest BCUT2D eigenvalue weighted by Crippen LogP contribution is 2.28. The van der Waals surface area contributed by atoms with Crippen molar-refractivity contribution < 1.29 is 9.53 Å². The summed E-state index contributed by atoms with van der Waals surface area (Å²) >= 11 is 6.38. The van der Waals surface area contributed by atoms with E-state index in [0.717, 1.165) is 41.7 Å². The lowest BCUT2D eigenvalue weighted by atomic mass is 10.0. The van der Waals surface area contributed by atoms with Crippen molar-refractivity contribution in [3.05, 3.63) is 59.1 Å². The van der Waals surface area contributed by atoms with E-state index in [0.29, 0.717) is 13.0 Å². The number of hydrogen-bond acceptors (Lipinski definition) is 4. The molecule has 1 heterocycles. The fraction of sp³-hybridized carbons (Fsp3) is 0.350. The molecule has 2 N–H and O–H groups in total. The van der Waals surface area contributed by atoms with Crippen LogP contribution in [0.25, 0.3) is 0 Å². The van der Waals surface area contributed by atoms with E-state index in [4.69, 9.17) is 16.3 Å². The summed E-state index contributed by atoms with van der Waals surface area (Å²) in [5.74, 6) is 0.721. The molecule has 1 aliphatic heterocycles. The molecule has 0 aromatic heterocycles. The molecule has 5 nitrogen and oxygen atoms in total. The molecule has 1 atom stereocenters.